The Bertz CT molecular complexity index is 944. The van der Waals surface area contributed by atoms with Crippen LogP contribution in [0.4, 0.5) is 0 Å². The van der Waals surface area contributed by atoms with E-state index < -0.39 is 10.0 Å². The number of nitrogens with one attached hydrogen (secondary N) is 1. The summed E-state index contributed by atoms with van der Waals surface area (Å²) in [5.74, 6) is -0.181. The lowest BCUT2D eigenvalue weighted by atomic mass is 9.78. The van der Waals surface area contributed by atoms with Gasteiger partial charge in [-0.1, -0.05) is 12.5 Å². The number of hydrogen-bond donors (Lipinski definition) is 1. The number of carbonyl (C=O) groups is 1. The van der Waals surface area contributed by atoms with E-state index in [9.17, 15) is 13.2 Å². The van der Waals surface area contributed by atoms with Gasteiger partial charge >= 0.3 is 0 Å². The average Bonchev–Trinajstić information content (AvgIpc) is 3.35. The fourth-order valence-corrected chi connectivity index (χ4v) is 6.74. The van der Waals surface area contributed by atoms with E-state index in [0.717, 1.165) is 32.1 Å². The predicted molar refractivity (Wildman–Crippen MR) is 117 cm³/mol. The van der Waals surface area contributed by atoms with Crippen molar-refractivity contribution in [2.45, 2.75) is 42.4 Å². The smallest absolute Gasteiger partial charge is 0.251 e. The van der Waals surface area contributed by atoms with Gasteiger partial charge in [-0.05, 0) is 61.4 Å². The van der Waals surface area contributed by atoms with Crippen LogP contribution >= 0.6 is 11.3 Å². The third-order valence-electron chi connectivity index (χ3n) is 6.15. The Morgan fingerprint density at radius 3 is 2.40 bits per heavy atom. The van der Waals surface area contributed by atoms with E-state index in [-0.39, 0.29) is 16.2 Å². The summed E-state index contributed by atoms with van der Waals surface area (Å²) < 4.78 is 32.7. The number of ether oxygens (including phenoxy) is 1. The molecule has 30 heavy (non-hydrogen) atoms. The zero-order chi connectivity index (χ0) is 21.0. The predicted octanol–water partition coefficient (Wildman–Crippen LogP) is 3.40. The van der Waals surface area contributed by atoms with Crippen molar-refractivity contribution in [1.29, 1.82) is 0 Å². The summed E-state index contributed by atoms with van der Waals surface area (Å²) in [4.78, 5) is 14.3. The number of nitrogens with zero attached hydrogens (tertiary/aromatic N) is 1. The first-order valence-corrected chi connectivity index (χ1v) is 12.8. The standard InChI is InChI=1S/C22H28N2O4S2/c25-21(23-17-22(10-14-28-15-11-22)20-5-4-16-29-20)18-6-8-19(9-7-18)30(26,27)24-12-2-1-3-13-24/h4-9,16H,1-3,10-15,17H2,(H,23,25). The molecule has 0 unspecified atom stereocenters. The highest BCUT2D eigenvalue weighted by Crippen LogP contribution is 2.37. The van der Waals surface area contributed by atoms with E-state index in [1.54, 1.807) is 39.9 Å². The maximum atomic E-state index is 12.8. The molecule has 162 valence electrons. The highest BCUT2D eigenvalue weighted by Gasteiger charge is 2.36. The maximum Gasteiger partial charge on any atom is 0.251 e. The van der Waals surface area contributed by atoms with E-state index >= 15 is 0 Å². The Kier molecular flexibility index (Phi) is 6.57. The molecule has 1 N–H and O–H groups in total. The number of benzene rings is 1. The molecule has 0 bridgehead atoms. The Morgan fingerprint density at radius 2 is 1.77 bits per heavy atom. The highest BCUT2D eigenvalue weighted by molar-refractivity contribution is 7.89. The van der Waals surface area contributed by atoms with Crippen molar-refractivity contribution in [3.63, 3.8) is 0 Å². The molecule has 8 heteroatoms. The first kappa shape index (κ1) is 21.5. The molecular formula is C22H28N2O4S2. The lowest BCUT2D eigenvalue weighted by Gasteiger charge is -2.36. The number of hydrogen-bond acceptors (Lipinski definition) is 5. The van der Waals surface area contributed by atoms with Gasteiger partial charge in [-0.3, -0.25) is 4.79 Å². The topological polar surface area (TPSA) is 75.7 Å². The van der Waals surface area contributed by atoms with Gasteiger partial charge in [-0.25, -0.2) is 8.42 Å². The molecule has 1 aromatic carbocycles. The van der Waals surface area contributed by atoms with Crippen LogP contribution in [0.15, 0.2) is 46.7 Å². The molecule has 2 aliphatic heterocycles. The average molecular weight is 449 g/mol. The zero-order valence-corrected chi connectivity index (χ0v) is 18.6. The highest BCUT2D eigenvalue weighted by atomic mass is 32.2. The number of thiophene rings is 1. The fourth-order valence-electron chi connectivity index (χ4n) is 4.24. The van der Waals surface area contributed by atoms with Crippen LogP contribution in [0.3, 0.4) is 0 Å². The van der Waals surface area contributed by atoms with Crippen LogP contribution < -0.4 is 5.32 Å². The summed E-state index contributed by atoms with van der Waals surface area (Å²) in [5, 5.41) is 5.14. The SMILES string of the molecule is O=C(NCC1(c2cccs2)CCOCC1)c1ccc(S(=O)(=O)N2CCCCC2)cc1. The molecule has 0 aliphatic carbocycles. The van der Waals surface area contributed by atoms with Crippen LogP contribution in [-0.2, 0) is 20.2 Å². The van der Waals surface area contributed by atoms with Crippen LogP contribution in [0.1, 0.15) is 47.3 Å². The van der Waals surface area contributed by atoms with Crippen LogP contribution in [-0.4, -0.2) is 51.5 Å². The fraction of sp³-hybridized carbons (Fsp3) is 0.500. The van der Waals surface area contributed by atoms with Gasteiger partial charge in [0, 0.05) is 48.7 Å². The van der Waals surface area contributed by atoms with Gasteiger partial charge in [-0.2, -0.15) is 4.31 Å². The Hall–Kier alpha value is -1.74. The van der Waals surface area contributed by atoms with Crippen molar-refractivity contribution >= 4 is 27.3 Å². The van der Waals surface area contributed by atoms with E-state index in [4.69, 9.17) is 4.74 Å². The number of sulfonamides is 1. The second-order valence-electron chi connectivity index (χ2n) is 8.04. The molecule has 1 aromatic heterocycles. The maximum absolute atomic E-state index is 12.8. The van der Waals surface area contributed by atoms with Crippen molar-refractivity contribution in [3.05, 3.63) is 52.2 Å². The summed E-state index contributed by atoms with van der Waals surface area (Å²) in [7, 11) is -3.48. The van der Waals surface area contributed by atoms with E-state index in [0.29, 0.717) is 38.4 Å². The molecule has 2 aromatic rings. The lowest BCUT2D eigenvalue weighted by molar-refractivity contribution is 0.0499. The van der Waals surface area contributed by atoms with Crippen LogP contribution in [0.2, 0.25) is 0 Å². The van der Waals surface area contributed by atoms with Gasteiger partial charge in [0.1, 0.15) is 0 Å². The molecule has 6 nitrogen and oxygen atoms in total. The van der Waals surface area contributed by atoms with Crippen molar-refractivity contribution < 1.29 is 17.9 Å². The number of carbonyl (C=O) groups excluding carboxylic acids is 1. The van der Waals surface area contributed by atoms with Gasteiger partial charge in [-0.15, -0.1) is 11.3 Å². The third-order valence-corrected chi connectivity index (χ3v) is 9.18. The molecule has 2 saturated heterocycles. The van der Waals surface area contributed by atoms with Gasteiger partial charge in [0.2, 0.25) is 10.0 Å². The first-order chi connectivity index (χ1) is 14.5. The van der Waals surface area contributed by atoms with Crippen LogP contribution in [0, 0.1) is 0 Å². The number of piperidine rings is 1. The van der Waals surface area contributed by atoms with E-state index in [1.165, 1.54) is 4.88 Å². The van der Waals surface area contributed by atoms with Crippen molar-refractivity contribution in [2.24, 2.45) is 0 Å². The van der Waals surface area contributed by atoms with Crippen LogP contribution in [0.5, 0.6) is 0 Å². The quantitative estimate of drug-likeness (QED) is 0.735. The Balaban J connectivity index is 1.43. The second kappa shape index (κ2) is 9.18. The minimum atomic E-state index is -3.48. The zero-order valence-electron chi connectivity index (χ0n) is 17.0. The molecule has 0 atom stereocenters. The monoisotopic (exact) mass is 448 g/mol. The van der Waals surface area contributed by atoms with Crippen molar-refractivity contribution in [1.82, 2.24) is 9.62 Å². The number of amides is 1. The summed E-state index contributed by atoms with van der Waals surface area (Å²) in [6, 6.07) is 10.5. The van der Waals surface area contributed by atoms with Gasteiger partial charge in [0.25, 0.3) is 5.91 Å². The van der Waals surface area contributed by atoms with Gasteiger partial charge in [0.05, 0.1) is 4.90 Å². The van der Waals surface area contributed by atoms with Crippen LogP contribution in [0.25, 0.3) is 0 Å². The summed E-state index contributed by atoms with van der Waals surface area (Å²) in [5.41, 5.74) is 0.376. The van der Waals surface area contributed by atoms with Crippen molar-refractivity contribution in [2.75, 3.05) is 32.8 Å². The Morgan fingerprint density at radius 1 is 1.07 bits per heavy atom. The normalized spacial score (nSPS) is 20.0. The largest absolute Gasteiger partial charge is 0.381 e. The molecule has 2 aliphatic rings. The lowest BCUT2D eigenvalue weighted by Crippen LogP contribution is -2.44. The molecule has 0 saturated carbocycles. The minimum Gasteiger partial charge on any atom is -0.381 e. The third kappa shape index (κ3) is 4.46. The molecule has 4 rings (SSSR count). The molecule has 0 spiro atoms. The van der Waals surface area contributed by atoms with E-state index in [1.807, 2.05) is 6.07 Å². The molecule has 2 fully saturated rings. The number of rotatable bonds is 6. The molecule has 1 amide bonds. The van der Waals surface area contributed by atoms with Gasteiger partial charge in [0.15, 0.2) is 0 Å². The molecule has 3 heterocycles. The van der Waals surface area contributed by atoms with E-state index in [2.05, 4.69) is 16.8 Å². The van der Waals surface area contributed by atoms with Gasteiger partial charge < -0.3 is 10.1 Å². The minimum absolute atomic E-state index is 0.0976. The van der Waals surface area contributed by atoms with Crippen molar-refractivity contribution in [3.8, 4) is 0 Å². The first-order valence-electron chi connectivity index (χ1n) is 10.5. The Labute approximate surface area is 182 Å². The second-order valence-corrected chi connectivity index (χ2v) is 10.9. The summed E-state index contributed by atoms with van der Waals surface area (Å²) in [6.45, 7) is 3.06. The summed E-state index contributed by atoms with van der Waals surface area (Å²) in [6.07, 6.45) is 4.62. The molecular weight excluding hydrogens is 420 g/mol. The molecule has 0 radical (unpaired) electrons. The summed E-state index contributed by atoms with van der Waals surface area (Å²) >= 11 is 1.72.